The minimum absolute atomic E-state index is 0.104. The number of carbonyl (C=O) groups is 1. The number of aryl methyl sites for hydroxylation is 2. The van der Waals surface area contributed by atoms with Crippen molar-refractivity contribution >= 4 is 42.8 Å². The molecule has 4 aromatic rings. The number of rotatable bonds is 7. The van der Waals surface area contributed by atoms with Crippen LogP contribution in [0.4, 0.5) is 0 Å². The molecule has 0 radical (unpaired) electrons. The number of primary sulfonamides is 1. The first kappa shape index (κ1) is 25.7. The van der Waals surface area contributed by atoms with Gasteiger partial charge in [0, 0.05) is 34.5 Å². The van der Waals surface area contributed by atoms with E-state index < -0.39 is 10.0 Å². The van der Waals surface area contributed by atoms with Gasteiger partial charge in [-0.15, -0.1) is 0 Å². The number of nitrogens with two attached hydrogens (primary N) is 1. The molecule has 3 aromatic carbocycles. The van der Waals surface area contributed by atoms with E-state index >= 15 is 0 Å². The summed E-state index contributed by atoms with van der Waals surface area (Å²) in [6, 6.07) is 22.8. The van der Waals surface area contributed by atoms with Crippen LogP contribution in [0.3, 0.4) is 0 Å². The van der Waals surface area contributed by atoms with Crippen molar-refractivity contribution in [1.82, 2.24) is 10.3 Å². The number of benzene rings is 3. The summed E-state index contributed by atoms with van der Waals surface area (Å²) in [6.07, 6.45) is 4.13. The van der Waals surface area contributed by atoms with E-state index in [1.165, 1.54) is 28.6 Å². The van der Waals surface area contributed by atoms with Crippen molar-refractivity contribution in [3.8, 4) is 0 Å². The first-order valence-corrected chi connectivity index (χ1v) is 13.2. The van der Waals surface area contributed by atoms with E-state index in [-0.39, 0.29) is 10.8 Å². The molecular weight excluding hydrogens is 514 g/mol. The molecule has 0 bridgehead atoms. The zero-order chi connectivity index (χ0) is 24.6. The minimum Gasteiger partial charge on any atom is -0.361 e. The Balaban J connectivity index is 0.000000248. The second-order valence-corrected chi connectivity index (χ2v) is 10.4. The molecule has 0 aliphatic carbocycles. The Bertz CT molecular complexity index is 1330. The van der Waals surface area contributed by atoms with Crippen molar-refractivity contribution in [1.29, 1.82) is 0 Å². The van der Waals surface area contributed by atoms with Crippen LogP contribution in [0.25, 0.3) is 10.9 Å². The molecule has 1 heterocycles. The molecule has 0 spiro atoms. The molecule has 178 valence electrons. The monoisotopic (exact) mass is 541 g/mol. The van der Waals surface area contributed by atoms with Crippen LogP contribution in [0.2, 0.25) is 0 Å². The molecule has 6 nitrogen and oxygen atoms in total. The topological polar surface area (TPSA) is 105 Å². The van der Waals surface area contributed by atoms with E-state index in [2.05, 4.69) is 50.5 Å². The first-order chi connectivity index (χ1) is 16.2. The lowest BCUT2D eigenvalue weighted by molar-refractivity contribution is -0.121. The fourth-order valence-corrected chi connectivity index (χ4v) is 4.18. The lowest BCUT2D eigenvalue weighted by atomic mass is 10.1. The van der Waals surface area contributed by atoms with E-state index in [1.54, 1.807) is 12.1 Å². The fraction of sp³-hybridized carbons (Fsp3) is 0.192. The number of sulfonamides is 1. The third-order valence-corrected chi connectivity index (χ3v) is 6.75. The number of carbonyl (C=O) groups excluding carboxylic acids is 1. The number of para-hydroxylation sites is 1. The standard InChI is InChI=1S/C19H19BrN2O.C7H9NO2S/c20-16-8-5-14(6-9-16)11-12-21-19(23)10-7-15-13-22-18-4-2-1-3-17(15)18;1-6-2-4-7(5-3-6)11(8,9)10/h1-6,8-9,13,22H,7,10-12H2,(H,21,23);2-5H,1H3,(H2,8,9,10). The predicted octanol–water partition coefficient (Wildman–Crippen LogP) is 4.86. The quantitative estimate of drug-likeness (QED) is 0.311. The number of aromatic nitrogens is 1. The zero-order valence-electron chi connectivity index (χ0n) is 18.9. The number of hydrogen-bond acceptors (Lipinski definition) is 3. The minimum atomic E-state index is -3.52. The molecule has 0 unspecified atom stereocenters. The number of amides is 1. The molecule has 1 amide bonds. The van der Waals surface area contributed by atoms with Crippen molar-refractivity contribution in [3.63, 3.8) is 0 Å². The molecule has 0 saturated carbocycles. The number of H-pyrrole nitrogens is 1. The Hall–Kier alpha value is -2.94. The Morgan fingerprint density at radius 2 is 1.65 bits per heavy atom. The highest BCUT2D eigenvalue weighted by Gasteiger charge is 2.07. The van der Waals surface area contributed by atoms with Crippen LogP contribution in [-0.4, -0.2) is 25.9 Å². The number of hydrogen-bond donors (Lipinski definition) is 3. The van der Waals surface area contributed by atoms with Gasteiger partial charge in [-0.1, -0.05) is 64.0 Å². The van der Waals surface area contributed by atoms with Gasteiger partial charge >= 0.3 is 0 Å². The van der Waals surface area contributed by atoms with Crippen LogP contribution >= 0.6 is 15.9 Å². The molecule has 34 heavy (non-hydrogen) atoms. The van der Waals surface area contributed by atoms with Crippen molar-refractivity contribution in [2.45, 2.75) is 31.1 Å². The van der Waals surface area contributed by atoms with Crippen molar-refractivity contribution in [3.05, 3.63) is 100 Å². The van der Waals surface area contributed by atoms with Crippen molar-refractivity contribution < 1.29 is 13.2 Å². The Labute approximate surface area is 208 Å². The molecule has 0 aliphatic rings. The first-order valence-electron chi connectivity index (χ1n) is 10.9. The van der Waals surface area contributed by atoms with Gasteiger partial charge in [-0.25, -0.2) is 13.6 Å². The summed E-state index contributed by atoms with van der Waals surface area (Å²) >= 11 is 3.42. The van der Waals surface area contributed by atoms with Crippen molar-refractivity contribution in [2.75, 3.05) is 6.54 Å². The van der Waals surface area contributed by atoms with E-state index in [1.807, 2.05) is 37.4 Å². The lowest BCUT2D eigenvalue weighted by Crippen LogP contribution is -2.25. The molecule has 0 aliphatic heterocycles. The van der Waals surface area contributed by atoms with Crippen molar-refractivity contribution in [2.24, 2.45) is 5.14 Å². The molecule has 0 saturated heterocycles. The maximum Gasteiger partial charge on any atom is 0.238 e. The second kappa shape index (κ2) is 12.0. The van der Waals surface area contributed by atoms with Crippen LogP contribution in [0.15, 0.2) is 88.4 Å². The summed E-state index contributed by atoms with van der Waals surface area (Å²) in [4.78, 5) is 15.4. The van der Waals surface area contributed by atoms with Gasteiger partial charge in [-0.2, -0.15) is 0 Å². The lowest BCUT2D eigenvalue weighted by Gasteiger charge is -2.05. The Morgan fingerprint density at radius 1 is 0.971 bits per heavy atom. The summed E-state index contributed by atoms with van der Waals surface area (Å²) in [5, 5.41) is 9.08. The SMILES string of the molecule is Cc1ccc(S(N)(=O)=O)cc1.O=C(CCc1c[nH]c2ccccc12)NCCc1ccc(Br)cc1. The molecular formula is C26H28BrN3O3S. The number of halogens is 1. The van der Waals surface area contributed by atoms with Gasteiger partial charge in [0.05, 0.1) is 4.90 Å². The van der Waals surface area contributed by atoms with E-state index in [9.17, 15) is 13.2 Å². The summed E-state index contributed by atoms with van der Waals surface area (Å²) in [5.41, 5.74) is 4.56. The number of nitrogens with one attached hydrogen (secondary N) is 2. The van der Waals surface area contributed by atoms with Crippen LogP contribution < -0.4 is 10.5 Å². The summed E-state index contributed by atoms with van der Waals surface area (Å²) < 4.78 is 22.5. The second-order valence-electron chi connectivity index (χ2n) is 7.94. The van der Waals surface area contributed by atoms with Gasteiger partial charge in [0.2, 0.25) is 15.9 Å². The van der Waals surface area contributed by atoms with E-state index in [0.29, 0.717) is 13.0 Å². The normalized spacial score (nSPS) is 11.0. The Kier molecular flexibility index (Phi) is 9.04. The number of aromatic amines is 1. The molecule has 4 N–H and O–H groups in total. The van der Waals surface area contributed by atoms with E-state index in [4.69, 9.17) is 5.14 Å². The van der Waals surface area contributed by atoms with Gasteiger partial charge in [-0.3, -0.25) is 4.79 Å². The third-order valence-electron chi connectivity index (χ3n) is 5.29. The Morgan fingerprint density at radius 3 is 2.32 bits per heavy atom. The van der Waals surface area contributed by atoms with Crippen LogP contribution in [0, 0.1) is 6.92 Å². The molecule has 0 atom stereocenters. The van der Waals surface area contributed by atoms with Gasteiger partial charge in [-0.05, 0) is 61.2 Å². The smallest absolute Gasteiger partial charge is 0.238 e. The molecule has 4 rings (SSSR count). The van der Waals surface area contributed by atoms with Crippen LogP contribution in [-0.2, 0) is 27.7 Å². The maximum absolute atomic E-state index is 12.0. The zero-order valence-corrected chi connectivity index (χ0v) is 21.3. The van der Waals surface area contributed by atoms with Gasteiger partial charge < -0.3 is 10.3 Å². The van der Waals surface area contributed by atoms with Gasteiger partial charge in [0.1, 0.15) is 0 Å². The van der Waals surface area contributed by atoms with Gasteiger partial charge in [0.15, 0.2) is 0 Å². The summed E-state index contributed by atoms with van der Waals surface area (Å²) in [7, 11) is -3.52. The predicted molar refractivity (Wildman–Crippen MR) is 140 cm³/mol. The highest BCUT2D eigenvalue weighted by atomic mass is 79.9. The fourth-order valence-electron chi connectivity index (χ4n) is 3.40. The maximum atomic E-state index is 12.0. The largest absolute Gasteiger partial charge is 0.361 e. The third kappa shape index (κ3) is 7.83. The molecule has 0 fully saturated rings. The highest BCUT2D eigenvalue weighted by molar-refractivity contribution is 9.10. The average molecular weight is 542 g/mol. The van der Waals surface area contributed by atoms with Gasteiger partial charge in [0.25, 0.3) is 0 Å². The molecule has 8 heteroatoms. The molecule has 1 aromatic heterocycles. The average Bonchev–Trinajstić information content (AvgIpc) is 3.22. The summed E-state index contributed by atoms with van der Waals surface area (Å²) in [6.45, 7) is 2.56. The van der Waals surface area contributed by atoms with Crippen LogP contribution in [0.1, 0.15) is 23.1 Å². The van der Waals surface area contributed by atoms with Crippen LogP contribution in [0.5, 0.6) is 0 Å². The van der Waals surface area contributed by atoms with E-state index in [0.717, 1.165) is 28.4 Å². The highest BCUT2D eigenvalue weighted by Crippen LogP contribution is 2.19. The number of fused-ring (bicyclic) bond motifs is 1. The summed E-state index contributed by atoms with van der Waals surface area (Å²) in [5.74, 6) is 0.104.